The van der Waals surface area contributed by atoms with Crippen molar-refractivity contribution in [3.05, 3.63) is 24.8 Å². The van der Waals surface area contributed by atoms with Gasteiger partial charge in [-0.15, -0.1) is 0 Å². The Labute approximate surface area is 117 Å². The Morgan fingerprint density at radius 3 is 2.29 bits per heavy atom. The summed E-state index contributed by atoms with van der Waals surface area (Å²) in [5.41, 5.74) is 0. The molecule has 0 saturated heterocycles. The highest BCUT2D eigenvalue weighted by Crippen LogP contribution is 2.17. The standard InChI is InChI=1S/C16H29Br/c1-3-5-6-7-8-9-10-11-12-13-15-16(17)14-4-2/h3,5-6,16H,1,4,7-15H2,2H3. The first-order chi connectivity index (χ1) is 8.31. The Balaban J connectivity index is 3.08. The summed E-state index contributed by atoms with van der Waals surface area (Å²) >= 11 is 3.74. The topological polar surface area (TPSA) is 0 Å². The van der Waals surface area contributed by atoms with E-state index < -0.39 is 0 Å². The summed E-state index contributed by atoms with van der Waals surface area (Å²) in [6, 6.07) is 0. The molecule has 0 aliphatic heterocycles. The summed E-state index contributed by atoms with van der Waals surface area (Å²) in [5, 5.41) is 0. The second-order valence-electron chi connectivity index (χ2n) is 4.75. The lowest BCUT2D eigenvalue weighted by atomic mass is 10.1. The molecule has 1 heteroatoms. The number of hydrogen-bond acceptors (Lipinski definition) is 0. The minimum absolute atomic E-state index is 0.761. The van der Waals surface area contributed by atoms with Gasteiger partial charge in [-0.25, -0.2) is 0 Å². The highest BCUT2D eigenvalue weighted by molar-refractivity contribution is 9.09. The van der Waals surface area contributed by atoms with Crippen molar-refractivity contribution < 1.29 is 0 Å². The Hall–Kier alpha value is -0.0400. The van der Waals surface area contributed by atoms with Gasteiger partial charge in [-0.3, -0.25) is 0 Å². The highest BCUT2D eigenvalue weighted by Gasteiger charge is 2.01. The van der Waals surface area contributed by atoms with Crippen LogP contribution < -0.4 is 0 Å². The average molecular weight is 301 g/mol. The van der Waals surface area contributed by atoms with E-state index in [-0.39, 0.29) is 0 Å². The third-order valence-electron chi connectivity index (χ3n) is 3.01. The Morgan fingerprint density at radius 1 is 1.00 bits per heavy atom. The molecule has 0 aliphatic rings. The number of hydrogen-bond donors (Lipinski definition) is 0. The van der Waals surface area contributed by atoms with Crippen molar-refractivity contribution in [3.8, 4) is 0 Å². The Kier molecular flexibility index (Phi) is 14.0. The smallest absolute Gasteiger partial charge is 0.0145 e. The molecule has 1 atom stereocenters. The summed E-state index contributed by atoms with van der Waals surface area (Å²) in [6.45, 7) is 5.92. The van der Waals surface area contributed by atoms with Gasteiger partial charge in [0.05, 0.1) is 0 Å². The van der Waals surface area contributed by atoms with Crippen LogP contribution in [0.2, 0.25) is 0 Å². The lowest BCUT2D eigenvalue weighted by Crippen LogP contribution is -1.96. The molecule has 0 aromatic rings. The molecule has 0 radical (unpaired) electrons. The largest absolute Gasteiger partial charge is 0.0991 e. The molecule has 0 rings (SSSR count). The van der Waals surface area contributed by atoms with Gasteiger partial charge in [0.1, 0.15) is 0 Å². The van der Waals surface area contributed by atoms with E-state index in [0.29, 0.717) is 0 Å². The van der Waals surface area contributed by atoms with E-state index in [1.165, 1.54) is 64.2 Å². The number of alkyl halides is 1. The van der Waals surface area contributed by atoms with Crippen molar-refractivity contribution >= 4 is 15.9 Å². The fourth-order valence-corrected chi connectivity index (χ4v) is 2.77. The van der Waals surface area contributed by atoms with Crippen molar-refractivity contribution in [1.29, 1.82) is 0 Å². The van der Waals surface area contributed by atoms with Gasteiger partial charge in [0.2, 0.25) is 0 Å². The normalized spacial score (nSPS) is 13.1. The first-order valence-corrected chi connectivity index (χ1v) is 8.14. The van der Waals surface area contributed by atoms with Crippen LogP contribution in [0.5, 0.6) is 0 Å². The zero-order chi connectivity index (χ0) is 12.8. The zero-order valence-electron chi connectivity index (χ0n) is 11.5. The molecule has 1 unspecified atom stereocenters. The zero-order valence-corrected chi connectivity index (χ0v) is 13.1. The third kappa shape index (κ3) is 13.9. The van der Waals surface area contributed by atoms with E-state index in [0.717, 1.165) is 4.83 Å². The minimum Gasteiger partial charge on any atom is -0.0991 e. The fraction of sp³-hybridized carbons (Fsp3) is 0.750. The summed E-state index contributed by atoms with van der Waals surface area (Å²) in [5.74, 6) is 0. The molecule has 0 aromatic carbocycles. The molecule has 0 bridgehead atoms. The number of halogens is 1. The van der Waals surface area contributed by atoms with Gasteiger partial charge in [0.25, 0.3) is 0 Å². The maximum Gasteiger partial charge on any atom is 0.0145 e. The molecule has 100 valence electrons. The molecule has 0 saturated carbocycles. The molecule has 0 heterocycles. The summed E-state index contributed by atoms with van der Waals surface area (Å²) in [6.07, 6.45) is 19.7. The van der Waals surface area contributed by atoms with Crippen molar-refractivity contribution in [2.75, 3.05) is 0 Å². The molecule has 0 aliphatic carbocycles. The molecule has 0 spiro atoms. The van der Waals surface area contributed by atoms with Crippen molar-refractivity contribution in [2.45, 2.75) is 76.0 Å². The van der Waals surface area contributed by atoms with Crippen LogP contribution in [0.4, 0.5) is 0 Å². The van der Waals surface area contributed by atoms with Gasteiger partial charge in [0, 0.05) is 4.83 Å². The van der Waals surface area contributed by atoms with Crippen molar-refractivity contribution in [3.63, 3.8) is 0 Å². The third-order valence-corrected chi connectivity index (χ3v) is 3.93. The summed E-state index contributed by atoms with van der Waals surface area (Å²) in [7, 11) is 0. The highest BCUT2D eigenvalue weighted by atomic mass is 79.9. The molecule has 0 fully saturated rings. The van der Waals surface area contributed by atoms with Gasteiger partial charge < -0.3 is 0 Å². The van der Waals surface area contributed by atoms with Crippen LogP contribution in [0, 0.1) is 0 Å². The first kappa shape index (κ1) is 17.0. The minimum atomic E-state index is 0.761. The van der Waals surface area contributed by atoms with E-state index in [1.54, 1.807) is 0 Å². The van der Waals surface area contributed by atoms with Crippen LogP contribution in [0.1, 0.15) is 71.1 Å². The Bertz CT molecular complexity index is 184. The lowest BCUT2D eigenvalue weighted by molar-refractivity contribution is 0.566. The van der Waals surface area contributed by atoms with E-state index in [4.69, 9.17) is 0 Å². The molecule has 0 nitrogen and oxygen atoms in total. The van der Waals surface area contributed by atoms with Crippen LogP contribution in [0.3, 0.4) is 0 Å². The van der Waals surface area contributed by atoms with Gasteiger partial charge in [-0.05, 0) is 25.7 Å². The fourth-order valence-electron chi connectivity index (χ4n) is 1.99. The van der Waals surface area contributed by atoms with Crippen LogP contribution in [-0.4, -0.2) is 4.83 Å². The maximum absolute atomic E-state index is 3.74. The van der Waals surface area contributed by atoms with E-state index in [1.807, 2.05) is 12.2 Å². The van der Waals surface area contributed by atoms with Crippen LogP contribution in [0.25, 0.3) is 0 Å². The molecule has 0 amide bonds. The molecular formula is C16H29Br. The number of allylic oxidation sites excluding steroid dienone is 3. The van der Waals surface area contributed by atoms with E-state index >= 15 is 0 Å². The Morgan fingerprint density at radius 2 is 1.65 bits per heavy atom. The summed E-state index contributed by atoms with van der Waals surface area (Å²) in [4.78, 5) is 0.761. The predicted molar refractivity (Wildman–Crippen MR) is 83.9 cm³/mol. The maximum atomic E-state index is 3.74. The number of unbranched alkanes of at least 4 members (excludes halogenated alkanes) is 6. The van der Waals surface area contributed by atoms with Crippen LogP contribution >= 0.6 is 15.9 Å². The lowest BCUT2D eigenvalue weighted by Gasteiger charge is -2.07. The van der Waals surface area contributed by atoms with Gasteiger partial charge in [0.15, 0.2) is 0 Å². The second-order valence-corrected chi connectivity index (χ2v) is 6.04. The predicted octanol–water partition coefficient (Wildman–Crippen LogP) is 6.41. The molecular weight excluding hydrogens is 272 g/mol. The van der Waals surface area contributed by atoms with Crippen LogP contribution in [0.15, 0.2) is 24.8 Å². The van der Waals surface area contributed by atoms with E-state index in [2.05, 4.69) is 35.5 Å². The molecule has 0 N–H and O–H groups in total. The van der Waals surface area contributed by atoms with Gasteiger partial charge >= 0.3 is 0 Å². The number of rotatable bonds is 12. The molecule has 17 heavy (non-hydrogen) atoms. The van der Waals surface area contributed by atoms with Gasteiger partial charge in [-0.2, -0.15) is 0 Å². The van der Waals surface area contributed by atoms with E-state index in [9.17, 15) is 0 Å². The quantitative estimate of drug-likeness (QED) is 0.222. The first-order valence-electron chi connectivity index (χ1n) is 7.22. The molecule has 0 aromatic heterocycles. The van der Waals surface area contributed by atoms with Crippen molar-refractivity contribution in [2.24, 2.45) is 0 Å². The monoisotopic (exact) mass is 300 g/mol. The summed E-state index contributed by atoms with van der Waals surface area (Å²) < 4.78 is 0. The SMILES string of the molecule is C=CC=CCCCCCCCCC(Br)CCC. The van der Waals surface area contributed by atoms with Crippen LogP contribution in [-0.2, 0) is 0 Å². The average Bonchev–Trinajstić information content (AvgIpc) is 2.32. The van der Waals surface area contributed by atoms with Crippen molar-refractivity contribution in [1.82, 2.24) is 0 Å². The second kappa shape index (κ2) is 14.0. The van der Waals surface area contributed by atoms with Gasteiger partial charge in [-0.1, -0.05) is 86.2 Å².